The van der Waals surface area contributed by atoms with Crippen LogP contribution in [0.1, 0.15) is 46.5 Å². The Kier molecular flexibility index (Phi) is 5.49. The maximum Gasteiger partial charge on any atom is 0.0229 e. The lowest BCUT2D eigenvalue weighted by Gasteiger charge is -2.45. The minimum atomic E-state index is 0.458. The molecule has 0 aromatic rings. The minimum absolute atomic E-state index is 0.458. The first-order valence-corrected chi connectivity index (χ1v) is 8.56. The highest BCUT2D eigenvalue weighted by Crippen LogP contribution is 2.39. The zero-order valence-corrected chi connectivity index (χ0v) is 14.3. The average molecular weight is 281 g/mol. The number of nitrogens with one attached hydrogen (secondary N) is 1. The second-order valence-electron chi connectivity index (χ2n) is 7.84. The first-order chi connectivity index (χ1) is 9.44. The Morgan fingerprint density at radius 1 is 1.25 bits per heavy atom. The van der Waals surface area contributed by atoms with E-state index in [-0.39, 0.29) is 0 Å². The van der Waals surface area contributed by atoms with Crippen molar-refractivity contribution in [3.63, 3.8) is 0 Å². The maximum atomic E-state index is 3.80. The third kappa shape index (κ3) is 3.75. The summed E-state index contributed by atoms with van der Waals surface area (Å²) in [5.74, 6) is 0.833. The van der Waals surface area contributed by atoms with E-state index >= 15 is 0 Å². The summed E-state index contributed by atoms with van der Waals surface area (Å²) in [6, 6.07) is 1.46. The van der Waals surface area contributed by atoms with Gasteiger partial charge in [0, 0.05) is 25.2 Å². The molecular formula is C17H35N3. The average Bonchev–Trinajstić information content (AvgIpc) is 2.82. The van der Waals surface area contributed by atoms with E-state index in [0.717, 1.165) is 18.5 Å². The van der Waals surface area contributed by atoms with Crippen LogP contribution in [0.2, 0.25) is 0 Å². The lowest BCUT2D eigenvalue weighted by atomic mass is 9.67. The van der Waals surface area contributed by atoms with Gasteiger partial charge in [-0.2, -0.15) is 0 Å². The lowest BCUT2D eigenvalue weighted by Crippen LogP contribution is -2.52. The van der Waals surface area contributed by atoms with E-state index in [4.69, 9.17) is 0 Å². The van der Waals surface area contributed by atoms with Gasteiger partial charge >= 0.3 is 0 Å². The van der Waals surface area contributed by atoms with Crippen LogP contribution < -0.4 is 5.32 Å². The molecule has 1 aliphatic carbocycles. The molecule has 2 fully saturated rings. The smallest absolute Gasteiger partial charge is 0.0229 e. The normalized spacial score (nSPS) is 34.8. The molecule has 3 heteroatoms. The molecule has 3 atom stereocenters. The predicted octanol–water partition coefficient (Wildman–Crippen LogP) is 2.43. The molecule has 0 aromatic heterocycles. The summed E-state index contributed by atoms with van der Waals surface area (Å²) in [6.07, 6.45) is 5.53. The van der Waals surface area contributed by atoms with E-state index in [1.54, 1.807) is 0 Å². The fourth-order valence-electron chi connectivity index (χ4n) is 4.37. The van der Waals surface area contributed by atoms with E-state index in [1.165, 1.54) is 45.3 Å². The summed E-state index contributed by atoms with van der Waals surface area (Å²) in [6.45, 7) is 12.1. The van der Waals surface area contributed by atoms with E-state index in [9.17, 15) is 0 Å². The van der Waals surface area contributed by atoms with Gasteiger partial charge in [0.2, 0.25) is 0 Å². The van der Waals surface area contributed by atoms with Gasteiger partial charge in [-0.05, 0) is 57.8 Å². The number of hydrogen-bond donors (Lipinski definition) is 1. The van der Waals surface area contributed by atoms with Gasteiger partial charge in [0.1, 0.15) is 0 Å². The van der Waals surface area contributed by atoms with Crippen molar-refractivity contribution in [1.29, 1.82) is 0 Å². The van der Waals surface area contributed by atoms with Crippen molar-refractivity contribution in [1.82, 2.24) is 15.1 Å². The van der Waals surface area contributed by atoms with Gasteiger partial charge in [0.05, 0.1) is 0 Å². The molecule has 1 saturated carbocycles. The molecule has 3 unspecified atom stereocenters. The van der Waals surface area contributed by atoms with Crippen LogP contribution >= 0.6 is 0 Å². The number of hydrogen-bond acceptors (Lipinski definition) is 3. The quantitative estimate of drug-likeness (QED) is 0.835. The Hall–Kier alpha value is -0.120. The Balaban J connectivity index is 1.93. The van der Waals surface area contributed by atoms with Crippen LogP contribution in [0.5, 0.6) is 0 Å². The Morgan fingerprint density at radius 3 is 2.60 bits per heavy atom. The molecule has 0 amide bonds. The van der Waals surface area contributed by atoms with Gasteiger partial charge < -0.3 is 15.1 Å². The molecule has 2 rings (SSSR count). The van der Waals surface area contributed by atoms with Crippen LogP contribution in [0.15, 0.2) is 0 Å². The molecule has 1 heterocycles. The molecule has 0 aromatic carbocycles. The molecule has 118 valence electrons. The summed E-state index contributed by atoms with van der Waals surface area (Å²) in [4.78, 5) is 5.10. The van der Waals surface area contributed by atoms with Gasteiger partial charge in [0.15, 0.2) is 0 Å². The van der Waals surface area contributed by atoms with Crippen molar-refractivity contribution in [2.24, 2.45) is 11.3 Å². The fraction of sp³-hybridized carbons (Fsp3) is 1.00. The molecule has 1 N–H and O–H groups in total. The second-order valence-corrected chi connectivity index (χ2v) is 7.84. The number of nitrogens with zero attached hydrogens (tertiary/aromatic N) is 2. The summed E-state index contributed by atoms with van der Waals surface area (Å²) >= 11 is 0. The van der Waals surface area contributed by atoms with Gasteiger partial charge in [0.25, 0.3) is 0 Å². The van der Waals surface area contributed by atoms with Crippen molar-refractivity contribution >= 4 is 0 Å². The topological polar surface area (TPSA) is 18.5 Å². The van der Waals surface area contributed by atoms with Gasteiger partial charge in [-0.1, -0.05) is 27.2 Å². The maximum absolute atomic E-state index is 3.80. The van der Waals surface area contributed by atoms with Crippen molar-refractivity contribution in [2.75, 3.05) is 40.3 Å². The molecule has 2 aliphatic rings. The molecule has 3 nitrogen and oxygen atoms in total. The lowest BCUT2D eigenvalue weighted by molar-refractivity contribution is 0.0843. The first-order valence-electron chi connectivity index (χ1n) is 8.56. The Labute approximate surface area is 126 Å². The summed E-state index contributed by atoms with van der Waals surface area (Å²) in [7, 11) is 4.44. The van der Waals surface area contributed by atoms with E-state index in [0.29, 0.717) is 11.5 Å². The van der Waals surface area contributed by atoms with Crippen molar-refractivity contribution in [3.8, 4) is 0 Å². The molecule has 0 bridgehead atoms. The van der Waals surface area contributed by atoms with E-state index in [1.807, 2.05) is 0 Å². The van der Waals surface area contributed by atoms with Crippen LogP contribution in [0.25, 0.3) is 0 Å². The zero-order chi connectivity index (χ0) is 14.8. The zero-order valence-electron chi connectivity index (χ0n) is 14.3. The van der Waals surface area contributed by atoms with Crippen LogP contribution in [0, 0.1) is 11.3 Å². The van der Waals surface area contributed by atoms with Gasteiger partial charge in [-0.3, -0.25) is 0 Å². The highest BCUT2D eigenvalue weighted by molar-refractivity contribution is 4.95. The largest absolute Gasteiger partial charge is 0.313 e. The van der Waals surface area contributed by atoms with Crippen LogP contribution in [-0.2, 0) is 0 Å². The molecule has 0 spiro atoms. The Bertz CT molecular complexity index is 301. The van der Waals surface area contributed by atoms with Crippen molar-refractivity contribution in [2.45, 2.75) is 58.5 Å². The molecular weight excluding hydrogens is 246 g/mol. The minimum Gasteiger partial charge on any atom is -0.313 e. The Morgan fingerprint density at radius 2 is 2.00 bits per heavy atom. The van der Waals surface area contributed by atoms with Gasteiger partial charge in [-0.15, -0.1) is 0 Å². The number of likely N-dealkylation sites (tertiary alicyclic amines) is 1. The van der Waals surface area contributed by atoms with Crippen molar-refractivity contribution < 1.29 is 0 Å². The highest BCUT2D eigenvalue weighted by atomic mass is 15.2. The van der Waals surface area contributed by atoms with Crippen molar-refractivity contribution in [3.05, 3.63) is 0 Å². The van der Waals surface area contributed by atoms with E-state index < -0.39 is 0 Å². The third-order valence-corrected chi connectivity index (χ3v) is 5.60. The first kappa shape index (κ1) is 16.3. The van der Waals surface area contributed by atoms with Crippen LogP contribution in [-0.4, -0.2) is 62.2 Å². The summed E-state index contributed by atoms with van der Waals surface area (Å²) in [5.41, 5.74) is 0.458. The SMILES string of the molecule is CCNC1C(CN2CCC(N(C)C)C2)CCCC1(C)C. The monoisotopic (exact) mass is 281 g/mol. The number of rotatable bonds is 5. The molecule has 0 radical (unpaired) electrons. The molecule has 1 aliphatic heterocycles. The molecule has 20 heavy (non-hydrogen) atoms. The summed E-state index contributed by atoms with van der Waals surface area (Å²) < 4.78 is 0. The van der Waals surface area contributed by atoms with E-state index in [2.05, 4.69) is 50.0 Å². The third-order valence-electron chi connectivity index (χ3n) is 5.60. The van der Waals surface area contributed by atoms with Crippen LogP contribution in [0.4, 0.5) is 0 Å². The highest BCUT2D eigenvalue weighted by Gasteiger charge is 2.39. The van der Waals surface area contributed by atoms with Gasteiger partial charge in [-0.25, -0.2) is 0 Å². The predicted molar refractivity (Wildman–Crippen MR) is 87.1 cm³/mol. The van der Waals surface area contributed by atoms with Crippen LogP contribution in [0.3, 0.4) is 0 Å². The summed E-state index contributed by atoms with van der Waals surface area (Å²) in [5, 5.41) is 3.80. The fourth-order valence-corrected chi connectivity index (χ4v) is 4.37. The standard InChI is InChI=1S/C17H35N3/c1-6-18-16-14(8-7-10-17(16,2)3)12-20-11-9-15(13-20)19(4)5/h14-16,18H,6-13H2,1-5H3. The molecule has 1 saturated heterocycles. The number of likely N-dealkylation sites (N-methyl/N-ethyl adjacent to an activating group) is 1. The second kappa shape index (κ2) is 6.76.